The molecule has 0 bridgehead atoms. The summed E-state index contributed by atoms with van der Waals surface area (Å²) in [6.45, 7) is 0. The van der Waals surface area contributed by atoms with Gasteiger partial charge >= 0.3 is 0 Å². The molecule has 0 saturated carbocycles. The van der Waals surface area contributed by atoms with Crippen molar-refractivity contribution in [2.75, 3.05) is 0 Å². The first-order valence-corrected chi connectivity index (χ1v) is 3.24. The van der Waals surface area contributed by atoms with Crippen LogP contribution in [0, 0.1) is 11.3 Å². The Balaban J connectivity index is 2.89. The average Bonchev–Trinajstić information content (AvgIpc) is 2.47. The van der Waals surface area contributed by atoms with E-state index in [1.807, 2.05) is 24.4 Å². The number of hydrogen-bond acceptors (Lipinski definition) is 2. The summed E-state index contributed by atoms with van der Waals surface area (Å²) < 4.78 is 1.75. The SMILES string of the molecule is N#Cc1cnc2ccccn12. The Bertz CT molecular complexity index is 422. The highest BCUT2D eigenvalue weighted by Crippen LogP contribution is 2.03. The predicted molar refractivity (Wildman–Crippen MR) is 39.9 cm³/mol. The van der Waals surface area contributed by atoms with Crippen molar-refractivity contribution in [3.05, 3.63) is 36.3 Å². The van der Waals surface area contributed by atoms with Crippen LogP contribution in [0.4, 0.5) is 0 Å². The van der Waals surface area contributed by atoms with E-state index in [1.54, 1.807) is 10.6 Å². The molecule has 0 spiro atoms. The van der Waals surface area contributed by atoms with E-state index in [2.05, 4.69) is 11.1 Å². The minimum Gasteiger partial charge on any atom is -0.291 e. The highest BCUT2D eigenvalue weighted by molar-refractivity contribution is 5.42. The van der Waals surface area contributed by atoms with Crippen molar-refractivity contribution >= 4 is 5.65 Å². The molecule has 2 rings (SSSR count). The molecule has 0 aliphatic heterocycles. The summed E-state index contributed by atoms with van der Waals surface area (Å²) in [6, 6.07) is 7.68. The molecule has 3 nitrogen and oxygen atoms in total. The van der Waals surface area contributed by atoms with Gasteiger partial charge in [-0.1, -0.05) is 6.07 Å². The fraction of sp³-hybridized carbons (Fsp3) is 0. The second-order valence-corrected chi connectivity index (χ2v) is 2.18. The molecule has 2 heterocycles. The Labute approximate surface area is 63.5 Å². The standard InChI is InChI=1S/C8H5N3/c9-5-7-6-10-8-3-1-2-4-11(7)8/h1-4,6H. The summed E-state index contributed by atoms with van der Waals surface area (Å²) in [7, 11) is 0. The lowest BCUT2D eigenvalue weighted by Gasteiger charge is -1.90. The maximum Gasteiger partial charge on any atom is 0.144 e. The third kappa shape index (κ3) is 0.767. The lowest BCUT2D eigenvalue weighted by atomic mass is 10.4. The number of nitriles is 1. The molecule has 0 atom stereocenters. The first-order chi connectivity index (χ1) is 5.42. The molecule has 52 valence electrons. The van der Waals surface area contributed by atoms with Gasteiger partial charge in [0.1, 0.15) is 17.4 Å². The fourth-order valence-electron chi connectivity index (χ4n) is 1.02. The van der Waals surface area contributed by atoms with Crippen LogP contribution in [0.3, 0.4) is 0 Å². The Kier molecular flexibility index (Phi) is 1.13. The number of pyridine rings is 1. The van der Waals surface area contributed by atoms with E-state index < -0.39 is 0 Å². The molecule has 0 fully saturated rings. The highest BCUT2D eigenvalue weighted by atomic mass is 15.0. The van der Waals surface area contributed by atoms with Crippen molar-refractivity contribution in [3.63, 3.8) is 0 Å². The maximum absolute atomic E-state index is 8.61. The van der Waals surface area contributed by atoms with Gasteiger partial charge in [0.25, 0.3) is 0 Å². The molecular formula is C8H5N3. The van der Waals surface area contributed by atoms with E-state index in [0.717, 1.165) is 5.65 Å². The van der Waals surface area contributed by atoms with E-state index in [4.69, 9.17) is 5.26 Å². The van der Waals surface area contributed by atoms with E-state index >= 15 is 0 Å². The Morgan fingerprint density at radius 1 is 1.45 bits per heavy atom. The molecule has 0 aliphatic rings. The van der Waals surface area contributed by atoms with Gasteiger partial charge < -0.3 is 0 Å². The topological polar surface area (TPSA) is 41.1 Å². The zero-order valence-corrected chi connectivity index (χ0v) is 5.73. The largest absolute Gasteiger partial charge is 0.291 e. The van der Waals surface area contributed by atoms with Crippen LogP contribution in [0.1, 0.15) is 5.69 Å². The highest BCUT2D eigenvalue weighted by Gasteiger charge is 1.97. The molecule has 0 aromatic carbocycles. The van der Waals surface area contributed by atoms with Gasteiger partial charge in [-0.2, -0.15) is 5.26 Å². The molecule has 0 aliphatic carbocycles. The van der Waals surface area contributed by atoms with Gasteiger partial charge in [-0.05, 0) is 12.1 Å². The van der Waals surface area contributed by atoms with Crippen LogP contribution in [0.2, 0.25) is 0 Å². The zero-order valence-electron chi connectivity index (χ0n) is 5.73. The van der Waals surface area contributed by atoms with Gasteiger partial charge in [-0.15, -0.1) is 0 Å². The number of imidazole rings is 1. The quantitative estimate of drug-likeness (QED) is 0.556. The number of aromatic nitrogens is 2. The van der Waals surface area contributed by atoms with Gasteiger partial charge in [-0.3, -0.25) is 4.40 Å². The normalized spacial score (nSPS) is 9.73. The van der Waals surface area contributed by atoms with Crippen LogP contribution < -0.4 is 0 Å². The summed E-state index contributed by atoms with van der Waals surface area (Å²) in [5.41, 5.74) is 1.38. The van der Waals surface area contributed by atoms with Gasteiger partial charge in [-0.25, -0.2) is 4.98 Å². The van der Waals surface area contributed by atoms with Crippen LogP contribution in [-0.4, -0.2) is 9.38 Å². The number of nitrogens with zero attached hydrogens (tertiary/aromatic N) is 3. The van der Waals surface area contributed by atoms with Crippen molar-refractivity contribution < 1.29 is 0 Å². The van der Waals surface area contributed by atoms with Crippen LogP contribution >= 0.6 is 0 Å². The summed E-state index contributed by atoms with van der Waals surface area (Å²) in [5.74, 6) is 0. The van der Waals surface area contributed by atoms with Gasteiger partial charge in [0.15, 0.2) is 0 Å². The van der Waals surface area contributed by atoms with Crippen molar-refractivity contribution in [2.24, 2.45) is 0 Å². The van der Waals surface area contributed by atoms with Crippen LogP contribution in [-0.2, 0) is 0 Å². The Morgan fingerprint density at radius 3 is 3.18 bits per heavy atom. The summed E-state index contributed by atoms with van der Waals surface area (Å²) >= 11 is 0. The van der Waals surface area contributed by atoms with E-state index in [-0.39, 0.29) is 0 Å². The smallest absolute Gasteiger partial charge is 0.144 e. The summed E-state index contributed by atoms with van der Waals surface area (Å²) in [6.07, 6.45) is 3.39. The Morgan fingerprint density at radius 2 is 2.36 bits per heavy atom. The van der Waals surface area contributed by atoms with Crippen molar-refractivity contribution in [1.29, 1.82) is 5.26 Å². The van der Waals surface area contributed by atoms with Crippen LogP contribution in [0.5, 0.6) is 0 Å². The monoisotopic (exact) mass is 143 g/mol. The zero-order chi connectivity index (χ0) is 7.68. The van der Waals surface area contributed by atoms with Gasteiger partial charge in [0.05, 0.1) is 6.20 Å². The minimum atomic E-state index is 0.570. The third-order valence-electron chi connectivity index (χ3n) is 1.53. The van der Waals surface area contributed by atoms with E-state index in [0.29, 0.717) is 5.69 Å². The van der Waals surface area contributed by atoms with Crippen molar-refractivity contribution in [2.45, 2.75) is 0 Å². The van der Waals surface area contributed by atoms with Gasteiger partial charge in [0.2, 0.25) is 0 Å². The number of fused-ring (bicyclic) bond motifs is 1. The molecule has 0 saturated heterocycles. The molecule has 0 radical (unpaired) electrons. The minimum absolute atomic E-state index is 0.570. The molecule has 0 N–H and O–H groups in total. The molecule has 11 heavy (non-hydrogen) atoms. The predicted octanol–water partition coefficient (Wildman–Crippen LogP) is 1.21. The first-order valence-electron chi connectivity index (χ1n) is 3.24. The molecular weight excluding hydrogens is 138 g/mol. The molecule has 0 amide bonds. The second-order valence-electron chi connectivity index (χ2n) is 2.18. The number of rotatable bonds is 0. The van der Waals surface area contributed by atoms with Crippen LogP contribution in [0.25, 0.3) is 5.65 Å². The van der Waals surface area contributed by atoms with Crippen molar-refractivity contribution in [3.8, 4) is 6.07 Å². The Hall–Kier alpha value is -1.82. The van der Waals surface area contributed by atoms with E-state index in [9.17, 15) is 0 Å². The first kappa shape index (κ1) is 5.93. The molecule has 3 heteroatoms. The lowest BCUT2D eigenvalue weighted by molar-refractivity contribution is 1.15. The fourth-order valence-corrected chi connectivity index (χ4v) is 1.02. The third-order valence-corrected chi connectivity index (χ3v) is 1.53. The summed E-state index contributed by atoms with van der Waals surface area (Å²) in [4.78, 5) is 4.03. The number of hydrogen-bond donors (Lipinski definition) is 0. The second kappa shape index (κ2) is 2.10. The van der Waals surface area contributed by atoms with Crippen molar-refractivity contribution in [1.82, 2.24) is 9.38 Å². The molecule has 0 unspecified atom stereocenters. The van der Waals surface area contributed by atoms with Gasteiger partial charge in [0, 0.05) is 6.20 Å². The summed E-state index contributed by atoms with van der Waals surface area (Å²) in [5, 5.41) is 8.61. The lowest BCUT2D eigenvalue weighted by Crippen LogP contribution is -1.84. The average molecular weight is 143 g/mol. The maximum atomic E-state index is 8.61. The molecule has 2 aromatic heterocycles. The van der Waals surface area contributed by atoms with E-state index in [1.165, 1.54) is 0 Å². The molecule has 2 aromatic rings. The van der Waals surface area contributed by atoms with Crippen LogP contribution in [0.15, 0.2) is 30.6 Å².